The lowest BCUT2D eigenvalue weighted by atomic mass is 9.85. The van der Waals surface area contributed by atoms with Crippen LogP contribution in [0, 0.1) is 35.3 Å². The van der Waals surface area contributed by atoms with Gasteiger partial charge in [-0.15, -0.1) is 0 Å². The maximum atomic E-state index is 13.6. The van der Waals surface area contributed by atoms with Gasteiger partial charge in [-0.2, -0.15) is 0 Å². The van der Waals surface area contributed by atoms with Crippen LogP contribution in [0.1, 0.15) is 18.0 Å². The molecular weight excluding hydrogens is 384 g/mol. The first kappa shape index (κ1) is 19.2. The summed E-state index contributed by atoms with van der Waals surface area (Å²) in [7, 11) is 1.33. The van der Waals surface area contributed by atoms with Gasteiger partial charge in [0.1, 0.15) is 12.6 Å². The molecule has 152 valence electrons. The summed E-state index contributed by atoms with van der Waals surface area (Å²) in [5.74, 6) is -5.20. The lowest BCUT2D eigenvalue weighted by Crippen LogP contribution is -2.45. The van der Waals surface area contributed by atoms with Crippen LogP contribution in [-0.2, 0) is 19.2 Å². The largest absolute Gasteiger partial charge is 0.357 e. The Morgan fingerprint density at radius 1 is 1.10 bits per heavy atom. The van der Waals surface area contributed by atoms with E-state index in [1.54, 1.807) is 0 Å². The number of fused-ring (bicyclic) bond motifs is 5. The standard InChI is InChI=1S/C20H19F2N3O4/c1-23-18(27)17(11-4-5-12(21)13(22)7-11)24-14(26)8-25-19(28)15-9-2-3-10(6-9)16(15)20(25)29/h2-5,7,9-10,15-17H,6,8H2,1H3,(H,23,27)(H,24,26). The van der Waals surface area contributed by atoms with Crippen molar-refractivity contribution in [2.24, 2.45) is 23.7 Å². The third-order valence-corrected chi connectivity index (χ3v) is 5.95. The Bertz CT molecular complexity index is 918. The van der Waals surface area contributed by atoms with Gasteiger partial charge in [0.15, 0.2) is 11.6 Å². The predicted octanol–water partition coefficient (Wildman–Crippen LogP) is 0.675. The monoisotopic (exact) mass is 403 g/mol. The Morgan fingerprint density at radius 3 is 2.28 bits per heavy atom. The van der Waals surface area contributed by atoms with Gasteiger partial charge in [0.25, 0.3) is 0 Å². The van der Waals surface area contributed by atoms with E-state index in [1.807, 2.05) is 12.2 Å². The second kappa shape index (κ2) is 7.06. The van der Waals surface area contributed by atoms with Crippen molar-refractivity contribution < 1.29 is 28.0 Å². The molecule has 0 radical (unpaired) electrons. The van der Waals surface area contributed by atoms with Crippen molar-refractivity contribution in [2.75, 3.05) is 13.6 Å². The molecule has 1 heterocycles. The molecule has 1 saturated carbocycles. The number of allylic oxidation sites excluding steroid dienone is 2. The first-order valence-electron chi connectivity index (χ1n) is 9.31. The van der Waals surface area contributed by atoms with Crippen molar-refractivity contribution in [3.05, 3.63) is 47.5 Å². The number of hydrogen-bond donors (Lipinski definition) is 2. The summed E-state index contributed by atoms with van der Waals surface area (Å²) in [5, 5.41) is 4.74. The molecule has 4 rings (SSSR count). The number of imide groups is 1. The van der Waals surface area contributed by atoms with Crippen molar-refractivity contribution in [1.82, 2.24) is 15.5 Å². The van der Waals surface area contributed by atoms with E-state index in [2.05, 4.69) is 10.6 Å². The smallest absolute Gasteiger partial charge is 0.246 e. The number of halogens is 2. The molecule has 4 amide bonds. The summed E-state index contributed by atoms with van der Waals surface area (Å²) in [5.41, 5.74) is 0.0368. The second-order valence-electron chi connectivity index (χ2n) is 7.55. The molecule has 0 aromatic heterocycles. The molecule has 2 fully saturated rings. The molecule has 1 aromatic carbocycles. The maximum Gasteiger partial charge on any atom is 0.246 e. The maximum absolute atomic E-state index is 13.6. The Balaban J connectivity index is 1.49. The highest BCUT2D eigenvalue weighted by Crippen LogP contribution is 2.52. The van der Waals surface area contributed by atoms with Gasteiger partial charge in [-0.25, -0.2) is 8.78 Å². The van der Waals surface area contributed by atoms with Gasteiger partial charge in [-0.1, -0.05) is 18.2 Å². The average molecular weight is 403 g/mol. The number of hydrogen-bond acceptors (Lipinski definition) is 4. The van der Waals surface area contributed by atoms with Crippen molar-refractivity contribution in [2.45, 2.75) is 12.5 Å². The number of nitrogens with zero attached hydrogens (tertiary/aromatic N) is 1. The minimum Gasteiger partial charge on any atom is -0.357 e. The SMILES string of the molecule is CNC(=O)C(NC(=O)CN1C(=O)C2C3C=CC(C3)C2C1=O)c1ccc(F)c(F)c1. The molecule has 5 unspecified atom stereocenters. The van der Waals surface area contributed by atoms with E-state index < -0.39 is 47.9 Å². The first-order chi connectivity index (χ1) is 13.8. The quantitative estimate of drug-likeness (QED) is 0.558. The molecule has 29 heavy (non-hydrogen) atoms. The molecule has 5 atom stereocenters. The molecule has 1 saturated heterocycles. The van der Waals surface area contributed by atoms with E-state index in [-0.39, 0.29) is 29.2 Å². The summed E-state index contributed by atoms with van der Waals surface area (Å²) < 4.78 is 26.8. The van der Waals surface area contributed by atoms with E-state index in [9.17, 15) is 28.0 Å². The van der Waals surface area contributed by atoms with Crippen LogP contribution in [0.2, 0.25) is 0 Å². The summed E-state index contributed by atoms with van der Waals surface area (Å²) in [4.78, 5) is 51.0. The molecule has 9 heteroatoms. The second-order valence-corrected chi connectivity index (χ2v) is 7.55. The van der Waals surface area contributed by atoms with Crippen LogP contribution in [0.4, 0.5) is 8.78 Å². The highest BCUT2D eigenvalue weighted by Gasteiger charge is 2.59. The van der Waals surface area contributed by atoms with E-state index in [4.69, 9.17) is 0 Å². The van der Waals surface area contributed by atoms with E-state index >= 15 is 0 Å². The Labute approximate surface area is 165 Å². The summed E-state index contributed by atoms with van der Waals surface area (Å²) in [6, 6.07) is 1.55. The number of amides is 4. The van der Waals surface area contributed by atoms with Crippen molar-refractivity contribution in [3.63, 3.8) is 0 Å². The number of nitrogens with one attached hydrogen (secondary N) is 2. The highest BCUT2D eigenvalue weighted by molar-refractivity contribution is 6.08. The third kappa shape index (κ3) is 3.10. The normalized spacial score (nSPS) is 27.9. The van der Waals surface area contributed by atoms with Gasteiger partial charge in [-0.05, 0) is 36.0 Å². The highest BCUT2D eigenvalue weighted by atomic mass is 19.2. The van der Waals surface area contributed by atoms with Gasteiger partial charge in [0, 0.05) is 7.05 Å². The molecule has 7 nitrogen and oxygen atoms in total. The average Bonchev–Trinajstić information content (AvgIpc) is 3.38. The molecular formula is C20H19F2N3O4. The fraction of sp³-hybridized carbons (Fsp3) is 0.400. The van der Waals surface area contributed by atoms with Crippen LogP contribution < -0.4 is 10.6 Å². The molecule has 3 aliphatic rings. The minimum atomic E-state index is -1.30. The van der Waals surface area contributed by atoms with Gasteiger partial charge in [-0.3, -0.25) is 24.1 Å². The van der Waals surface area contributed by atoms with Crippen LogP contribution >= 0.6 is 0 Å². The van der Waals surface area contributed by atoms with Crippen molar-refractivity contribution >= 4 is 23.6 Å². The van der Waals surface area contributed by atoms with Crippen LogP contribution in [0.25, 0.3) is 0 Å². The fourth-order valence-electron chi connectivity index (χ4n) is 4.61. The van der Waals surface area contributed by atoms with E-state index in [0.29, 0.717) is 0 Å². The summed E-state index contributed by atoms with van der Waals surface area (Å²) >= 11 is 0. The third-order valence-electron chi connectivity index (χ3n) is 5.95. The first-order valence-corrected chi connectivity index (χ1v) is 9.31. The fourth-order valence-corrected chi connectivity index (χ4v) is 4.61. The van der Waals surface area contributed by atoms with E-state index in [1.165, 1.54) is 13.1 Å². The molecule has 2 N–H and O–H groups in total. The topological polar surface area (TPSA) is 95.6 Å². The zero-order chi connectivity index (χ0) is 20.9. The van der Waals surface area contributed by atoms with Crippen LogP contribution in [0.3, 0.4) is 0 Å². The zero-order valence-electron chi connectivity index (χ0n) is 15.5. The Kier molecular flexibility index (Phi) is 4.68. The van der Waals surface area contributed by atoms with Gasteiger partial charge in [0.05, 0.1) is 11.8 Å². The summed E-state index contributed by atoms with van der Waals surface area (Å²) in [6.45, 7) is -0.527. The van der Waals surface area contributed by atoms with Crippen LogP contribution in [-0.4, -0.2) is 42.1 Å². The van der Waals surface area contributed by atoms with Crippen LogP contribution in [0.5, 0.6) is 0 Å². The summed E-state index contributed by atoms with van der Waals surface area (Å²) in [6.07, 6.45) is 4.68. The van der Waals surface area contributed by atoms with Gasteiger partial charge < -0.3 is 10.6 Å². The number of benzene rings is 1. The van der Waals surface area contributed by atoms with Crippen LogP contribution in [0.15, 0.2) is 30.4 Å². The lowest BCUT2D eigenvalue weighted by molar-refractivity contribution is -0.144. The van der Waals surface area contributed by atoms with Crippen molar-refractivity contribution in [3.8, 4) is 0 Å². The molecule has 1 aromatic rings. The number of carbonyl (C=O) groups is 4. The minimum absolute atomic E-state index is 0.0234. The number of rotatable bonds is 5. The van der Waals surface area contributed by atoms with E-state index in [0.717, 1.165) is 23.5 Å². The Hall–Kier alpha value is -3.10. The zero-order valence-corrected chi connectivity index (χ0v) is 15.5. The molecule has 2 aliphatic carbocycles. The predicted molar refractivity (Wildman–Crippen MR) is 95.7 cm³/mol. The molecule has 0 spiro atoms. The Morgan fingerprint density at radius 2 is 1.72 bits per heavy atom. The molecule has 2 bridgehead atoms. The molecule has 1 aliphatic heterocycles. The number of likely N-dealkylation sites (N-methyl/N-ethyl adjacent to an activating group) is 1. The van der Waals surface area contributed by atoms with Gasteiger partial charge in [0.2, 0.25) is 23.6 Å². The number of likely N-dealkylation sites (tertiary alicyclic amines) is 1. The van der Waals surface area contributed by atoms with Gasteiger partial charge >= 0.3 is 0 Å². The lowest BCUT2D eigenvalue weighted by Gasteiger charge is -2.21. The van der Waals surface area contributed by atoms with Crippen molar-refractivity contribution in [1.29, 1.82) is 0 Å². The number of carbonyl (C=O) groups excluding carboxylic acids is 4.